The quantitative estimate of drug-likeness (QED) is 0.655. The lowest BCUT2D eigenvalue weighted by Crippen LogP contribution is -2.45. The number of benzene rings is 1. The molecule has 2 atom stereocenters. The Morgan fingerprint density at radius 3 is 2.67 bits per heavy atom. The molecular formula is C19H31ClN4O3. The van der Waals surface area contributed by atoms with Crippen LogP contribution in [0.3, 0.4) is 0 Å². The van der Waals surface area contributed by atoms with Crippen molar-refractivity contribution < 1.29 is 14.3 Å². The first kappa shape index (κ1) is 23.2. The van der Waals surface area contributed by atoms with Crippen molar-refractivity contribution in [2.24, 2.45) is 11.7 Å². The van der Waals surface area contributed by atoms with Gasteiger partial charge in [-0.05, 0) is 37.8 Å². The van der Waals surface area contributed by atoms with Crippen molar-refractivity contribution in [2.45, 2.75) is 32.3 Å². The number of hydrogen-bond acceptors (Lipinski definition) is 4. The maximum atomic E-state index is 12.4. The summed E-state index contributed by atoms with van der Waals surface area (Å²) in [5.74, 6) is 0.325. The third-order valence-corrected chi connectivity index (χ3v) is 4.73. The molecule has 0 bridgehead atoms. The van der Waals surface area contributed by atoms with Gasteiger partial charge in [0.1, 0.15) is 0 Å². The maximum absolute atomic E-state index is 12.4. The Kier molecular flexibility index (Phi) is 10.1. The average molecular weight is 399 g/mol. The number of anilines is 1. The van der Waals surface area contributed by atoms with Crippen LogP contribution >= 0.6 is 12.4 Å². The number of carbonyl (C=O) groups excluding carboxylic acids is 2. The highest BCUT2D eigenvalue weighted by Gasteiger charge is 2.25. The number of urea groups is 1. The normalized spacial score (nSPS) is 17.6. The van der Waals surface area contributed by atoms with E-state index in [-0.39, 0.29) is 36.4 Å². The van der Waals surface area contributed by atoms with Crippen LogP contribution in [0.15, 0.2) is 24.3 Å². The van der Waals surface area contributed by atoms with Gasteiger partial charge >= 0.3 is 6.03 Å². The molecule has 3 amide bonds. The highest BCUT2D eigenvalue weighted by atomic mass is 35.5. The van der Waals surface area contributed by atoms with Crippen LogP contribution in [0, 0.1) is 12.8 Å². The minimum Gasteiger partial charge on any atom is -0.380 e. The number of likely N-dealkylation sites (tertiary alicyclic amines) is 1. The first-order chi connectivity index (χ1) is 12.5. The van der Waals surface area contributed by atoms with Crippen molar-refractivity contribution in [1.82, 2.24) is 10.2 Å². The van der Waals surface area contributed by atoms with E-state index in [4.69, 9.17) is 10.5 Å². The van der Waals surface area contributed by atoms with E-state index in [9.17, 15) is 9.59 Å². The van der Waals surface area contributed by atoms with Gasteiger partial charge in [0, 0.05) is 39.0 Å². The molecule has 0 spiro atoms. The number of amides is 3. The van der Waals surface area contributed by atoms with E-state index < -0.39 is 0 Å². The molecule has 0 radical (unpaired) electrons. The monoisotopic (exact) mass is 398 g/mol. The second kappa shape index (κ2) is 11.8. The van der Waals surface area contributed by atoms with Gasteiger partial charge in [-0.25, -0.2) is 4.79 Å². The first-order valence-electron chi connectivity index (χ1n) is 9.14. The van der Waals surface area contributed by atoms with Crippen LogP contribution in [0.1, 0.15) is 24.8 Å². The number of aryl methyl sites for hydroxylation is 1. The van der Waals surface area contributed by atoms with Crippen molar-refractivity contribution in [1.29, 1.82) is 0 Å². The highest BCUT2D eigenvalue weighted by Crippen LogP contribution is 2.17. The largest absolute Gasteiger partial charge is 0.380 e. The van der Waals surface area contributed by atoms with E-state index in [1.807, 2.05) is 36.1 Å². The first-order valence-corrected chi connectivity index (χ1v) is 9.14. The van der Waals surface area contributed by atoms with Crippen molar-refractivity contribution in [3.63, 3.8) is 0 Å². The van der Waals surface area contributed by atoms with Gasteiger partial charge in [0.25, 0.3) is 0 Å². The molecular weight excluding hydrogens is 368 g/mol. The van der Waals surface area contributed by atoms with Gasteiger partial charge in [-0.1, -0.05) is 17.7 Å². The SMILES string of the molecule is COC(CN)CC(=O)N1CCCC(CNC(=O)Nc2ccc(C)cc2)C1.Cl. The van der Waals surface area contributed by atoms with E-state index in [1.165, 1.54) is 0 Å². The van der Waals surface area contributed by atoms with Gasteiger partial charge < -0.3 is 26.0 Å². The lowest BCUT2D eigenvalue weighted by atomic mass is 9.97. The zero-order valence-corrected chi connectivity index (χ0v) is 16.9. The molecule has 1 aliphatic heterocycles. The van der Waals surface area contributed by atoms with Crippen LogP contribution < -0.4 is 16.4 Å². The Labute approximate surface area is 167 Å². The number of nitrogens with one attached hydrogen (secondary N) is 2. The summed E-state index contributed by atoms with van der Waals surface area (Å²) in [5.41, 5.74) is 7.50. The molecule has 27 heavy (non-hydrogen) atoms. The van der Waals surface area contributed by atoms with Crippen molar-refractivity contribution >= 4 is 30.0 Å². The summed E-state index contributed by atoms with van der Waals surface area (Å²) in [6, 6.07) is 7.43. The molecule has 0 aliphatic carbocycles. The van der Waals surface area contributed by atoms with Crippen LogP contribution in [-0.4, -0.2) is 56.2 Å². The molecule has 152 valence electrons. The molecule has 1 saturated heterocycles. The molecule has 0 aromatic heterocycles. The third-order valence-electron chi connectivity index (χ3n) is 4.73. The van der Waals surface area contributed by atoms with Gasteiger partial charge in [-0.15, -0.1) is 12.4 Å². The summed E-state index contributed by atoms with van der Waals surface area (Å²) < 4.78 is 5.19. The Bertz CT molecular complexity index is 593. The second-order valence-electron chi connectivity index (χ2n) is 6.85. The number of carbonyl (C=O) groups is 2. The topological polar surface area (TPSA) is 96.7 Å². The molecule has 2 unspecified atom stereocenters. The van der Waals surface area contributed by atoms with E-state index in [0.717, 1.165) is 30.6 Å². The minimum atomic E-state index is -0.235. The molecule has 1 heterocycles. The van der Waals surface area contributed by atoms with Gasteiger partial charge in [-0.3, -0.25) is 4.79 Å². The number of piperidine rings is 1. The van der Waals surface area contributed by atoms with E-state index in [2.05, 4.69) is 10.6 Å². The molecule has 4 N–H and O–H groups in total. The van der Waals surface area contributed by atoms with Gasteiger partial charge in [0.05, 0.1) is 12.5 Å². The van der Waals surface area contributed by atoms with Crippen molar-refractivity contribution in [3.05, 3.63) is 29.8 Å². The van der Waals surface area contributed by atoms with Crippen LogP contribution in [0.2, 0.25) is 0 Å². The Morgan fingerprint density at radius 2 is 2.04 bits per heavy atom. The number of ether oxygens (including phenoxy) is 1. The van der Waals surface area contributed by atoms with E-state index in [1.54, 1.807) is 7.11 Å². The third kappa shape index (κ3) is 7.74. The standard InChI is InChI=1S/C19H30N4O3.ClH/c1-14-5-7-16(8-6-14)22-19(25)21-12-15-4-3-9-23(13-15)18(24)10-17(11-20)26-2;/h5-8,15,17H,3-4,9-13,20H2,1-2H3,(H2,21,22,25);1H. The predicted octanol–water partition coefficient (Wildman–Crippen LogP) is 2.14. The Balaban J connectivity index is 0.00000364. The number of halogens is 1. The number of hydrogen-bond donors (Lipinski definition) is 3. The second-order valence-corrected chi connectivity index (χ2v) is 6.85. The maximum Gasteiger partial charge on any atom is 0.319 e. The van der Waals surface area contributed by atoms with Crippen LogP contribution in [-0.2, 0) is 9.53 Å². The molecule has 1 fully saturated rings. The molecule has 2 rings (SSSR count). The average Bonchev–Trinajstić information content (AvgIpc) is 2.66. The summed E-state index contributed by atoms with van der Waals surface area (Å²) >= 11 is 0. The number of rotatable bonds is 7. The van der Waals surface area contributed by atoms with Crippen LogP contribution in [0.5, 0.6) is 0 Å². The number of methoxy groups -OCH3 is 1. The fourth-order valence-electron chi connectivity index (χ4n) is 3.09. The lowest BCUT2D eigenvalue weighted by Gasteiger charge is -2.33. The summed E-state index contributed by atoms with van der Waals surface area (Å²) in [6.45, 7) is 4.30. The molecule has 7 nitrogen and oxygen atoms in total. The van der Waals surface area contributed by atoms with Crippen LogP contribution in [0.4, 0.5) is 10.5 Å². The highest BCUT2D eigenvalue weighted by molar-refractivity contribution is 5.89. The smallest absolute Gasteiger partial charge is 0.319 e. The van der Waals surface area contributed by atoms with Gasteiger partial charge in [0.2, 0.25) is 5.91 Å². The van der Waals surface area contributed by atoms with Crippen molar-refractivity contribution in [2.75, 3.05) is 38.6 Å². The lowest BCUT2D eigenvalue weighted by molar-refractivity contribution is -0.135. The summed E-state index contributed by atoms with van der Waals surface area (Å²) in [4.78, 5) is 26.3. The Morgan fingerprint density at radius 1 is 1.33 bits per heavy atom. The van der Waals surface area contributed by atoms with E-state index in [0.29, 0.717) is 26.1 Å². The van der Waals surface area contributed by atoms with E-state index >= 15 is 0 Å². The number of nitrogens with two attached hydrogens (primary N) is 1. The summed E-state index contributed by atoms with van der Waals surface area (Å²) in [7, 11) is 1.57. The fourth-order valence-corrected chi connectivity index (χ4v) is 3.09. The minimum absolute atomic E-state index is 0. The van der Waals surface area contributed by atoms with Crippen LogP contribution in [0.25, 0.3) is 0 Å². The zero-order chi connectivity index (χ0) is 18.9. The fraction of sp³-hybridized carbons (Fsp3) is 0.579. The number of nitrogens with zero attached hydrogens (tertiary/aromatic N) is 1. The van der Waals surface area contributed by atoms with Gasteiger partial charge in [0.15, 0.2) is 0 Å². The van der Waals surface area contributed by atoms with Crippen molar-refractivity contribution in [3.8, 4) is 0 Å². The van der Waals surface area contributed by atoms with Gasteiger partial charge in [-0.2, -0.15) is 0 Å². The molecule has 1 aromatic rings. The Hall–Kier alpha value is -1.83. The molecule has 1 aliphatic rings. The summed E-state index contributed by atoms with van der Waals surface area (Å²) in [5, 5.41) is 5.73. The molecule has 8 heteroatoms. The molecule has 1 aromatic carbocycles. The summed E-state index contributed by atoms with van der Waals surface area (Å²) in [6.07, 6.45) is 2.01. The zero-order valence-electron chi connectivity index (χ0n) is 16.1. The molecule has 0 saturated carbocycles. The predicted molar refractivity (Wildman–Crippen MR) is 109 cm³/mol.